The molecular weight excluding hydrogens is 404 g/mol. The molecule has 0 atom stereocenters. The number of piperidine rings is 1. The smallest absolute Gasteiger partial charge is 0.342 e. The van der Waals surface area contributed by atoms with E-state index in [2.05, 4.69) is 10.5 Å². The highest BCUT2D eigenvalue weighted by molar-refractivity contribution is 6.04. The van der Waals surface area contributed by atoms with E-state index in [1.165, 1.54) is 0 Å². The molecular formula is C21H30N4O6. The van der Waals surface area contributed by atoms with E-state index in [9.17, 15) is 14.4 Å². The highest BCUT2D eigenvalue weighted by atomic mass is 17.2. The molecule has 10 nitrogen and oxygen atoms in total. The minimum Gasteiger partial charge on any atom is -0.409 e. The molecule has 0 spiro atoms. The van der Waals surface area contributed by atoms with Gasteiger partial charge in [0, 0.05) is 24.3 Å². The summed E-state index contributed by atoms with van der Waals surface area (Å²) in [6, 6.07) is 6.37. The van der Waals surface area contributed by atoms with Crippen LogP contribution in [0.3, 0.4) is 0 Å². The fourth-order valence-corrected chi connectivity index (χ4v) is 3.02. The first-order valence-corrected chi connectivity index (χ1v) is 10.1. The third kappa shape index (κ3) is 8.25. The van der Waals surface area contributed by atoms with Gasteiger partial charge in [0.05, 0.1) is 6.42 Å². The molecule has 4 N–H and O–H groups in total. The van der Waals surface area contributed by atoms with Crippen LogP contribution < -0.4 is 11.1 Å². The lowest BCUT2D eigenvalue weighted by molar-refractivity contribution is -0.304. The zero-order valence-electron chi connectivity index (χ0n) is 18.1. The van der Waals surface area contributed by atoms with Crippen molar-refractivity contribution in [2.75, 3.05) is 18.4 Å². The Morgan fingerprint density at radius 2 is 1.81 bits per heavy atom. The highest BCUT2D eigenvalue weighted by Gasteiger charge is 2.27. The van der Waals surface area contributed by atoms with Crippen LogP contribution in [-0.2, 0) is 24.2 Å². The normalized spacial score (nSPS) is 15.5. The average Bonchev–Trinajstić information content (AvgIpc) is 2.71. The van der Waals surface area contributed by atoms with Crippen LogP contribution in [0.15, 0.2) is 29.4 Å². The Hall–Kier alpha value is -3.14. The van der Waals surface area contributed by atoms with E-state index < -0.39 is 11.9 Å². The molecule has 0 unspecified atom stereocenters. The lowest BCUT2D eigenvalue weighted by Crippen LogP contribution is -2.42. The predicted molar refractivity (Wildman–Crippen MR) is 113 cm³/mol. The van der Waals surface area contributed by atoms with Crippen molar-refractivity contribution < 1.29 is 29.4 Å². The van der Waals surface area contributed by atoms with E-state index in [-0.39, 0.29) is 36.1 Å². The Morgan fingerprint density at radius 1 is 1.19 bits per heavy atom. The maximum absolute atomic E-state index is 12.4. The van der Waals surface area contributed by atoms with Gasteiger partial charge >= 0.3 is 5.97 Å². The third-order valence-electron chi connectivity index (χ3n) is 4.63. The lowest BCUT2D eigenvalue weighted by Gasteiger charge is -2.31. The van der Waals surface area contributed by atoms with E-state index in [4.69, 9.17) is 20.7 Å². The Labute approximate surface area is 181 Å². The van der Waals surface area contributed by atoms with Crippen molar-refractivity contribution in [1.82, 2.24) is 4.90 Å². The quantitative estimate of drug-likeness (QED) is 0.149. The number of carbonyl (C=O) groups excluding carboxylic acids is 3. The second kappa shape index (κ2) is 10.8. The molecule has 1 aliphatic rings. The average molecular weight is 434 g/mol. The number of hydrogen-bond acceptors (Lipinski definition) is 7. The zero-order chi connectivity index (χ0) is 23.0. The molecule has 0 bridgehead atoms. The number of oxime groups is 1. The first kappa shape index (κ1) is 24.1. The van der Waals surface area contributed by atoms with Gasteiger partial charge in [-0.1, -0.05) is 25.9 Å². The summed E-state index contributed by atoms with van der Waals surface area (Å²) in [5, 5.41) is 14.2. The molecule has 0 aromatic heterocycles. The molecule has 31 heavy (non-hydrogen) atoms. The van der Waals surface area contributed by atoms with Gasteiger partial charge in [-0.15, -0.1) is 0 Å². The van der Waals surface area contributed by atoms with Gasteiger partial charge in [0.15, 0.2) is 5.84 Å². The van der Waals surface area contributed by atoms with Crippen LogP contribution in [0.2, 0.25) is 0 Å². The number of amidine groups is 1. The number of nitrogens with zero attached hydrogens (tertiary/aromatic N) is 2. The predicted octanol–water partition coefficient (Wildman–Crippen LogP) is 2.01. The van der Waals surface area contributed by atoms with Gasteiger partial charge < -0.3 is 21.2 Å². The zero-order valence-corrected chi connectivity index (χ0v) is 18.1. The molecule has 0 radical (unpaired) electrons. The molecule has 1 heterocycles. The Kier molecular flexibility index (Phi) is 8.38. The summed E-state index contributed by atoms with van der Waals surface area (Å²) >= 11 is 0. The SMILES string of the molecule is CC(C)(C)CC(=O)OOC1CCN(C(=O)CC(=O)Nc2ccc(/C(N)=N/O)cc2)CC1. The topological polar surface area (TPSA) is 144 Å². The minimum absolute atomic E-state index is 0.0376. The molecule has 1 saturated heterocycles. The van der Waals surface area contributed by atoms with E-state index in [1.807, 2.05) is 20.8 Å². The number of nitrogens with one attached hydrogen (secondary N) is 1. The summed E-state index contributed by atoms with van der Waals surface area (Å²) < 4.78 is 0. The van der Waals surface area contributed by atoms with Crippen LogP contribution in [0.1, 0.15) is 52.0 Å². The van der Waals surface area contributed by atoms with Gasteiger partial charge in [-0.3, -0.25) is 14.5 Å². The summed E-state index contributed by atoms with van der Waals surface area (Å²) in [5.74, 6) is -1.17. The molecule has 0 saturated carbocycles. The first-order chi connectivity index (χ1) is 14.6. The summed E-state index contributed by atoms with van der Waals surface area (Å²) in [6.45, 7) is 6.65. The van der Waals surface area contributed by atoms with Gasteiger partial charge in [-0.05, 0) is 42.5 Å². The van der Waals surface area contributed by atoms with Crippen LogP contribution in [0.5, 0.6) is 0 Å². The number of rotatable bonds is 7. The van der Waals surface area contributed by atoms with Crippen molar-refractivity contribution in [2.45, 2.75) is 52.6 Å². The molecule has 2 amide bonds. The van der Waals surface area contributed by atoms with Gasteiger partial charge in [0.2, 0.25) is 11.8 Å². The van der Waals surface area contributed by atoms with Gasteiger partial charge in [0.1, 0.15) is 12.5 Å². The first-order valence-electron chi connectivity index (χ1n) is 10.1. The largest absolute Gasteiger partial charge is 0.409 e. The molecule has 1 fully saturated rings. The maximum atomic E-state index is 12.4. The minimum atomic E-state index is -0.434. The number of carbonyl (C=O) groups is 3. The van der Waals surface area contributed by atoms with Crippen LogP contribution in [-0.4, -0.2) is 52.9 Å². The van der Waals surface area contributed by atoms with Crippen molar-refractivity contribution in [2.24, 2.45) is 16.3 Å². The van der Waals surface area contributed by atoms with Crippen molar-refractivity contribution in [3.05, 3.63) is 29.8 Å². The van der Waals surface area contributed by atoms with Crippen LogP contribution in [0, 0.1) is 5.41 Å². The number of nitrogens with two attached hydrogens (primary N) is 1. The summed E-state index contributed by atoms with van der Waals surface area (Å²) in [5.41, 5.74) is 6.31. The van der Waals surface area contributed by atoms with Crippen molar-refractivity contribution in [3.8, 4) is 0 Å². The molecule has 2 rings (SSSR count). The Bertz CT molecular complexity index is 808. The maximum Gasteiger partial charge on any atom is 0.342 e. The Morgan fingerprint density at radius 3 is 2.35 bits per heavy atom. The molecule has 170 valence electrons. The summed E-state index contributed by atoms with van der Waals surface area (Å²) in [6.07, 6.45) is 0.741. The van der Waals surface area contributed by atoms with E-state index >= 15 is 0 Å². The van der Waals surface area contributed by atoms with Gasteiger partial charge in [-0.2, -0.15) is 4.89 Å². The van der Waals surface area contributed by atoms with Crippen LogP contribution in [0.4, 0.5) is 5.69 Å². The molecule has 0 aliphatic carbocycles. The standard InChI is InChI=1S/C21H30N4O6/c1-21(2,3)13-19(28)31-30-16-8-10-25(11-9-16)18(27)12-17(26)23-15-6-4-14(5-7-15)20(22)24-29/h4-7,16,29H,8-13H2,1-3H3,(H2,22,24)(H,23,26). The van der Waals surface area contributed by atoms with Gasteiger partial charge in [0.25, 0.3) is 0 Å². The van der Waals surface area contributed by atoms with Gasteiger partial charge in [-0.25, -0.2) is 4.79 Å². The fraction of sp³-hybridized carbons (Fsp3) is 0.524. The number of benzene rings is 1. The summed E-state index contributed by atoms with van der Waals surface area (Å²) in [7, 11) is 0. The fourth-order valence-electron chi connectivity index (χ4n) is 3.02. The molecule has 1 aromatic carbocycles. The molecule has 1 aromatic rings. The second-order valence-electron chi connectivity index (χ2n) is 8.66. The highest BCUT2D eigenvalue weighted by Crippen LogP contribution is 2.20. The molecule has 10 heteroatoms. The van der Waals surface area contributed by atoms with E-state index in [1.54, 1.807) is 29.2 Å². The van der Waals surface area contributed by atoms with Crippen molar-refractivity contribution in [1.29, 1.82) is 0 Å². The van der Waals surface area contributed by atoms with Crippen molar-refractivity contribution in [3.63, 3.8) is 0 Å². The van der Waals surface area contributed by atoms with E-state index in [0.717, 1.165) is 0 Å². The third-order valence-corrected chi connectivity index (χ3v) is 4.63. The lowest BCUT2D eigenvalue weighted by atomic mass is 9.93. The Balaban J connectivity index is 1.72. The van der Waals surface area contributed by atoms with Crippen LogP contribution in [0.25, 0.3) is 0 Å². The number of likely N-dealkylation sites (tertiary alicyclic amines) is 1. The monoisotopic (exact) mass is 434 g/mol. The number of anilines is 1. The number of hydrogen-bond donors (Lipinski definition) is 3. The van der Waals surface area contributed by atoms with E-state index in [0.29, 0.717) is 37.2 Å². The number of amides is 2. The summed E-state index contributed by atoms with van der Waals surface area (Å²) in [4.78, 5) is 48.0. The van der Waals surface area contributed by atoms with Crippen LogP contribution >= 0.6 is 0 Å². The second-order valence-corrected chi connectivity index (χ2v) is 8.66. The van der Waals surface area contributed by atoms with Crippen molar-refractivity contribution >= 4 is 29.3 Å². The molecule has 1 aliphatic heterocycles.